The molecule has 4 amide bonds. The lowest BCUT2D eigenvalue weighted by molar-refractivity contribution is -0.144. The summed E-state index contributed by atoms with van der Waals surface area (Å²) in [7, 11) is -2.35. The van der Waals surface area contributed by atoms with Crippen LogP contribution in [0.15, 0.2) is 36.5 Å². The smallest absolute Gasteiger partial charge is 0.408 e. The summed E-state index contributed by atoms with van der Waals surface area (Å²) in [6.07, 6.45) is 7.32. The number of pyridine rings is 1. The fourth-order valence-electron chi connectivity index (χ4n) is 7.58. The Labute approximate surface area is 340 Å². The third-order valence-corrected chi connectivity index (χ3v) is 13.3. The number of methoxy groups -OCH3 is 1. The normalized spacial score (nSPS) is 23.3. The molecule has 0 radical (unpaired) electrons. The maximum Gasteiger partial charge on any atom is 0.408 e. The molecule has 2 saturated carbocycles. The van der Waals surface area contributed by atoms with Crippen molar-refractivity contribution in [2.45, 2.75) is 140 Å². The number of primary amides is 1. The first-order chi connectivity index (χ1) is 27.3. The zero-order chi connectivity index (χ0) is 42.6. The molecular weight excluding hydrogens is 774 g/mol. The highest BCUT2D eigenvalue weighted by Crippen LogP contribution is 2.43. The van der Waals surface area contributed by atoms with Crippen LogP contribution in [0.3, 0.4) is 0 Å². The summed E-state index contributed by atoms with van der Waals surface area (Å²) in [6.45, 7) is 10.3. The van der Waals surface area contributed by atoms with E-state index in [2.05, 4.69) is 15.0 Å². The zero-order valence-corrected chi connectivity index (χ0v) is 35.2. The van der Waals surface area contributed by atoms with Gasteiger partial charge in [0.1, 0.15) is 23.8 Å². The van der Waals surface area contributed by atoms with Crippen LogP contribution in [0.25, 0.3) is 10.8 Å². The number of halogens is 1. The van der Waals surface area contributed by atoms with Gasteiger partial charge in [0, 0.05) is 23.9 Å². The van der Waals surface area contributed by atoms with Gasteiger partial charge in [0.15, 0.2) is 11.6 Å². The minimum Gasteiger partial charge on any atom is -0.494 e. The third-order valence-electron chi connectivity index (χ3n) is 11.1. The summed E-state index contributed by atoms with van der Waals surface area (Å²) >= 11 is 0. The Morgan fingerprint density at radius 3 is 2.53 bits per heavy atom. The number of nitrogens with zero attached hydrogens (tertiary/aromatic N) is 2. The lowest BCUT2D eigenvalue weighted by Gasteiger charge is -2.33. The van der Waals surface area contributed by atoms with Crippen LogP contribution in [0.5, 0.6) is 11.6 Å². The second kappa shape index (κ2) is 18.2. The summed E-state index contributed by atoms with van der Waals surface area (Å²) in [4.78, 5) is 58.9. The second-order valence-corrected chi connectivity index (χ2v) is 19.0. The number of amides is 4. The lowest BCUT2D eigenvalue weighted by Crippen LogP contribution is -2.58. The highest BCUT2D eigenvalue weighted by Gasteiger charge is 2.51. The van der Waals surface area contributed by atoms with Crippen molar-refractivity contribution in [1.29, 1.82) is 0 Å². The number of fused-ring (bicyclic) bond motifs is 1. The Bertz CT molecular complexity index is 1980. The van der Waals surface area contributed by atoms with Crippen LogP contribution in [0.2, 0.25) is 0 Å². The van der Waals surface area contributed by atoms with Gasteiger partial charge in [0.2, 0.25) is 33.6 Å². The van der Waals surface area contributed by atoms with Gasteiger partial charge in [0.05, 0.1) is 30.6 Å². The van der Waals surface area contributed by atoms with E-state index < -0.39 is 86.3 Å². The molecule has 320 valence electrons. The number of allylic oxidation sites excluding steroid dienone is 2. The molecule has 2 aromatic rings. The number of carbonyl (C=O) groups excluding carboxylic acids is 4. The SMILES string of the molecule is CC[C@H](O[C@H](C)CC/C=C\[C@@H]1CCCC1C(=O)NS(=O)(=O)C1(C)CC1)[C@H](NC(=O)OC(C)(C)C)C(=O)N1C[C@H](Oc2nccc3cc(OC)c(F)cc23)C[C@H]1C(N)=O. The first kappa shape index (κ1) is 44.6. The van der Waals surface area contributed by atoms with Gasteiger partial charge in [-0.25, -0.2) is 22.6 Å². The number of sulfonamides is 1. The summed E-state index contributed by atoms with van der Waals surface area (Å²) in [5.74, 6) is -2.81. The van der Waals surface area contributed by atoms with E-state index in [0.29, 0.717) is 49.3 Å². The van der Waals surface area contributed by atoms with Gasteiger partial charge in [-0.3, -0.25) is 19.1 Å². The van der Waals surface area contributed by atoms with Gasteiger partial charge in [-0.1, -0.05) is 25.5 Å². The van der Waals surface area contributed by atoms with Gasteiger partial charge in [-0.2, -0.15) is 0 Å². The minimum absolute atomic E-state index is 0.0238. The van der Waals surface area contributed by atoms with E-state index >= 15 is 0 Å². The Morgan fingerprint density at radius 2 is 1.90 bits per heavy atom. The molecule has 1 aromatic heterocycles. The third kappa shape index (κ3) is 10.8. The molecule has 0 spiro atoms. The standard InChI is InChI=1S/C41H58FN5O10S/c1-8-32(55-24(2)12-9-10-13-25-14-11-15-28(25)36(49)46-58(52,53)41(6)17-18-41)34(45-39(51)57-40(3,4)5)38(50)47-23-27(21-31(47)35(43)48)56-37-29-22-30(42)33(54-7)20-26(29)16-19-44-37/h10,13,16,19-20,22,24-25,27-28,31-32,34H,8-9,11-12,14-15,17-18,21,23H2,1-7H3,(H2,43,48)(H,45,51)(H,46,49)/b13-10-/t24-,25-,27-,28?,31+,32+,34+/m1/s1. The molecule has 17 heteroatoms. The van der Waals surface area contributed by atoms with Crippen molar-refractivity contribution in [3.63, 3.8) is 0 Å². The van der Waals surface area contributed by atoms with Crippen molar-refractivity contribution in [2.75, 3.05) is 13.7 Å². The van der Waals surface area contributed by atoms with Crippen LogP contribution in [0, 0.1) is 17.7 Å². The number of hydrogen-bond donors (Lipinski definition) is 3. The maximum absolute atomic E-state index is 14.7. The van der Waals surface area contributed by atoms with Crippen molar-refractivity contribution in [3.8, 4) is 11.6 Å². The summed E-state index contributed by atoms with van der Waals surface area (Å²) in [6, 6.07) is 2.07. The monoisotopic (exact) mass is 831 g/mol. The first-order valence-corrected chi connectivity index (χ1v) is 21.5. The summed E-state index contributed by atoms with van der Waals surface area (Å²) in [5, 5.41) is 3.67. The number of alkyl carbamates (subject to hydrolysis) is 1. The zero-order valence-electron chi connectivity index (χ0n) is 34.4. The molecule has 7 atom stereocenters. The number of rotatable bonds is 17. The van der Waals surface area contributed by atoms with E-state index in [4.69, 9.17) is 24.7 Å². The van der Waals surface area contributed by atoms with Gasteiger partial charge < -0.3 is 34.9 Å². The van der Waals surface area contributed by atoms with E-state index in [1.165, 1.54) is 30.3 Å². The average molecular weight is 832 g/mol. The Morgan fingerprint density at radius 1 is 1.17 bits per heavy atom. The number of benzene rings is 1. The van der Waals surface area contributed by atoms with Crippen LogP contribution >= 0.6 is 0 Å². The van der Waals surface area contributed by atoms with Crippen LogP contribution in [0.1, 0.15) is 99.3 Å². The molecule has 15 nitrogen and oxygen atoms in total. The molecule has 2 aliphatic carbocycles. The first-order valence-electron chi connectivity index (χ1n) is 20.0. The molecule has 4 N–H and O–H groups in total. The number of ether oxygens (including phenoxy) is 4. The van der Waals surface area contributed by atoms with Crippen molar-refractivity contribution in [3.05, 3.63) is 42.4 Å². The molecule has 0 bridgehead atoms. The summed E-state index contributed by atoms with van der Waals surface area (Å²) < 4.78 is 64.7. The molecule has 1 aromatic carbocycles. The largest absolute Gasteiger partial charge is 0.494 e. The van der Waals surface area contributed by atoms with Crippen LogP contribution in [0.4, 0.5) is 9.18 Å². The van der Waals surface area contributed by atoms with E-state index in [1.54, 1.807) is 33.8 Å². The Kier molecular flexibility index (Phi) is 14.0. The van der Waals surface area contributed by atoms with Gasteiger partial charge >= 0.3 is 6.09 Å². The summed E-state index contributed by atoms with van der Waals surface area (Å²) in [5.41, 5.74) is 4.94. The number of likely N-dealkylation sites (tertiary alicyclic amines) is 1. The molecule has 1 saturated heterocycles. The molecule has 58 heavy (non-hydrogen) atoms. The van der Waals surface area contributed by atoms with Crippen molar-refractivity contribution in [2.24, 2.45) is 17.6 Å². The number of nitrogens with two attached hydrogens (primary N) is 1. The van der Waals surface area contributed by atoms with Crippen molar-refractivity contribution in [1.82, 2.24) is 19.9 Å². The lowest BCUT2D eigenvalue weighted by atomic mass is 9.94. The molecule has 5 rings (SSSR count). The molecule has 1 aliphatic heterocycles. The van der Waals surface area contributed by atoms with E-state index in [-0.39, 0.29) is 30.5 Å². The van der Waals surface area contributed by atoms with Crippen molar-refractivity contribution < 1.29 is 50.9 Å². The molecular formula is C41H58FN5O10S. The fourth-order valence-corrected chi connectivity index (χ4v) is 8.88. The van der Waals surface area contributed by atoms with Gasteiger partial charge in [0.25, 0.3) is 0 Å². The predicted molar refractivity (Wildman–Crippen MR) is 214 cm³/mol. The highest BCUT2D eigenvalue weighted by molar-refractivity contribution is 7.91. The Balaban J connectivity index is 1.26. The fraction of sp³-hybridized carbons (Fsp3) is 0.634. The molecule has 3 aliphatic rings. The molecule has 2 heterocycles. The average Bonchev–Trinajstić information content (AvgIpc) is 3.53. The van der Waals surface area contributed by atoms with Crippen LogP contribution < -0.4 is 25.2 Å². The van der Waals surface area contributed by atoms with Crippen LogP contribution in [-0.2, 0) is 33.9 Å². The van der Waals surface area contributed by atoms with E-state index in [9.17, 15) is 32.0 Å². The molecule has 3 fully saturated rings. The Hall–Kier alpha value is -4.51. The quantitative estimate of drug-likeness (QED) is 0.180. The minimum atomic E-state index is -3.71. The number of nitrogens with one attached hydrogen (secondary N) is 2. The maximum atomic E-state index is 14.7. The van der Waals surface area contributed by atoms with Gasteiger partial charge in [-0.05, 0) is 109 Å². The van der Waals surface area contributed by atoms with E-state index in [1.807, 2.05) is 26.0 Å². The number of carbonyl (C=O) groups is 4. The molecule has 1 unspecified atom stereocenters. The highest BCUT2D eigenvalue weighted by atomic mass is 32.2. The predicted octanol–water partition coefficient (Wildman–Crippen LogP) is 5.04. The second-order valence-electron chi connectivity index (χ2n) is 16.9. The number of hydrogen-bond acceptors (Lipinski definition) is 11. The van der Waals surface area contributed by atoms with Crippen LogP contribution in [-0.4, -0.2) is 96.5 Å². The topological polar surface area (TPSA) is 206 Å². The van der Waals surface area contributed by atoms with E-state index in [0.717, 1.165) is 12.8 Å². The van der Waals surface area contributed by atoms with Crippen molar-refractivity contribution >= 4 is 44.6 Å². The number of aromatic nitrogens is 1. The van der Waals surface area contributed by atoms with Gasteiger partial charge in [-0.15, -0.1) is 0 Å².